The minimum atomic E-state index is -1.10. The van der Waals surface area contributed by atoms with Gasteiger partial charge in [0.05, 0.1) is 0 Å². The van der Waals surface area contributed by atoms with Gasteiger partial charge in [0, 0.05) is 0 Å². The lowest BCUT2D eigenvalue weighted by Crippen LogP contribution is -2.18. The number of ether oxygens (including phenoxy) is 1. The molecule has 1 heterocycles. The molecular formula is C20H25N3O3. The van der Waals surface area contributed by atoms with Crippen LogP contribution in [0.4, 0.5) is 0 Å². The van der Waals surface area contributed by atoms with E-state index < -0.39 is 5.97 Å². The molecule has 0 radical (unpaired) electrons. The van der Waals surface area contributed by atoms with Crippen LogP contribution in [0.3, 0.4) is 0 Å². The summed E-state index contributed by atoms with van der Waals surface area (Å²) in [5.41, 5.74) is 1.31. The lowest BCUT2D eigenvalue weighted by atomic mass is 9.88. The largest absolute Gasteiger partial charge is 0.476 e. The van der Waals surface area contributed by atoms with Crippen LogP contribution in [0.5, 0.6) is 5.88 Å². The fraction of sp³-hybridized carbons (Fsp3) is 0.450. The van der Waals surface area contributed by atoms with E-state index in [4.69, 9.17) is 9.84 Å². The maximum Gasteiger partial charge on any atom is 0.359 e. The maximum absolute atomic E-state index is 11.2. The second-order valence-electron chi connectivity index (χ2n) is 6.74. The predicted octanol–water partition coefficient (Wildman–Crippen LogP) is 4.22. The molecule has 2 unspecified atom stereocenters. The summed E-state index contributed by atoms with van der Waals surface area (Å²) in [6, 6.07) is 0. The van der Waals surface area contributed by atoms with E-state index in [-0.39, 0.29) is 17.7 Å². The van der Waals surface area contributed by atoms with Gasteiger partial charge in [-0.25, -0.2) is 9.89 Å². The molecule has 1 aromatic heterocycles. The topological polar surface area (TPSA) is 88.1 Å². The van der Waals surface area contributed by atoms with E-state index in [9.17, 15) is 4.79 Å². The van der Waals surface area contributed by atoms with Crippen molar-refractivity contribution in [3.63, 3.8) is 0 Å². The average Bonchev–Trinajstić information content (AvgIpc) is 3.08. The Balaban J connectivity index is 1.60. The number of hydrogen-bond donors (Lipinski definition) is 2. The number of hydrogen-bond acceptors (Lipinski definition) is 4. The van der Waals surface area contributed by atoms with Crippen LogP contribution < -0.4 is 4.74 Å². The van der Waals surface area contributed by atoms with Crippen LogP contribution in [-0.4, -0.2) is 32.6 Å². The molecule has 0 amide bonds. The molecule has 2 N–H and O–H groups in total. The van der Waals surface area contributed by atoms with Crippen molar-refractivity contribution in [3.8, 4) is 5.88 Å². The van der Waals surface area contributed by atoms with Crippen LogP contribution in [0.1, 0.15) is 55.4 Å². The van der Waals surface area contributed by atoms with Gasteiger partial charge in [0.1, 0.15) is 6.10 Å². The molecule has 0 aromatic carbocycles. The zero-order valence-electron chi connectivity index (χ0n) is 14.8. The van der Waals surface area contributed by atoms with E-state index >= 15 is 0 Å². The van der Waals surface area contributed by atoms with Gasteiger partial charge in [0.15, 0.2) is 0 Å². The highest BCUT2D eigenvalue weighted by Crippen LogP contribution is 2.30. The number of aromatic nitrogens is 3. The quantitative estimate of drug-likeness (QED) is 0.844. The number of rotatable bonds is 4. The van der Waals surface area contributed by atoms with Gasteiger partial charge < -0.3 is 9.84 Å². The average molecular weight is 355 g/mol. The summed E-state index contributed by atoms with van der Waals surface area (Å²) >= 11 is 0. The van der Waals surface area contributed by atoms with E-state index in [1.807, 2.05) is 6.08 Å². The zero-order valence-corrected chi connectivity index (χ0v) is 14.8. The number of H-pyrrole nitrogens is 1. The van der Waals surface area contributed by atoms with Crippen molar-refractivity contribution in [2.45, 2.75) is 51.0 Å². The van der Waals surface area contributed by atoms with E-state index in [2.05, 4.69) is 51.9 Å². The van der Waals surface area contributed by atoms with Gasteiger partial charge in [-0.05, 0) is 50.0 Å². The van der Waals surface area contributed by atoms with Crippen LogP contribution in [0.25, 0.3) is 0 Å². The molecule has 0 spiro atoms. The fourth-order valence-electron chi connectivity index (χ4n) is 3.55. The minimum absolute atomic E-state index is 0.0124. The SMILES string of the molecule is O=C(O)c1[nH]nnc1OC1CCCCC(C2=C/C=C\C=C/C=C\2)CCC1. The van der Waals surface area contributed by atoms with E-state index in [1.54, 1.807) is 0 Å². The molecule has 2 aliphatic rings. The standard InChI is InChI=1S/C20H25N3O3/c24-20(25)18-19(22-23-21-18)26-17-13-7-6-11-16(12-8-14-17)15-9-4-2-1-3-5-10-15/h1-5,9-10,16-17H,6-8,11-14H2,(H,24,25)(H,21,22,23)/b2-1-,3-1?,4-2?,5-3-,9-4-,10-5?,15-9?,15-10+. The molecule has 0 saturated heterocycles. The number of carbonyl (C=O) groups is 1. The second-order valence-corrected chi connectivity index (χ2v) is 6.74. The molecule has 0 aliphatic heterocycles. The summed E-state index contributed by atoms with van der Waals surface area (Å²) in [6.07, 6.45) is 22.1. The third-order valence-electron chi connectivity index (χ3n) is 4.91. The minimum Gasteiger partial charge on any atom is -0.476 e. The van der Waals surface area contributed by atoms with Crippen LogP contribution in [0, 0.1) is 5.92 Å². The number of aromatic amines is 1. The first kappa shape index (κ1) is 18.2. The molecule has 2 atom stereocenters. The highest BCUT2D eigenvalue weighted by atomic mass is 16.5. The van der Waals surface area contributed by atoms with Gasteiger partial charge in [-0.15, -0.1) is 0 Å². The number of nitrogens with zero attached hydrogens (tertiary/aromatic N) is 2. The first-order chi connectivity index (χ1) is 12.7. The third kappa shape index (κ3) is 4.94. The molecule has 6 heteroatoms. The second kappa shape index (κ2) is 9.17. The molecule has 138 valence electrons. The summed E-state index contributed by atoms with van der Waals surface area (Å²) in [5, 5.41) is 18.8. The number of carboxylic acid groups (broad SMARTS) is 1. The molecule has 26 heavy (non-hydrogen) atoms. The maximum atomic E-state index is 11.2. The van der Waals surface area contributed by atoms with Gasteiger partial charge in [-0.2, -0.15) is 0 Å². The van der Waals surface area contributed by atoms with Gasteiger partial charge in [-0.1, -0.05) is 59.3 Å². The molecule has 1 aromatic rings. The number of aromatic carboxylic acids is 1. The van der Waals surface area contributed by atoms with E-state index in [0.717, 1.165) is 38.5 Å². The molecule has 0 bridgehead atoms. The Hall–Kier alpha value is -2.63. The number of nitrogens with one attached hydrogen (secondary N) is 1. The Labute approximate surface area is 153 Å². The van der Waals surface area contributed by atoms with Gasteiger partial charge in [-0.3, -0.25) is 0 Å². The van der Waals surface area contributed by atoms with Crippen LogP contribution in [-0.2, 0) is 0 Å². The van der Waals surface area contributed by atoms with Crippen LogP contribution >= 0.6 is 0 Å². The highest BCUT2D eigenvalue weighted by molar-refractivity contribution is 5.87. The highest BCUT2D eigenvalue weighted by Gasteiger charge is 2.22. The smallest absolute Gasteiger partial charge is 0.359 e. The predicted molar refractivity (Wildman–Crippen MR) is 99.1 cm³/mol. The van der Waals surface area contributed by atoms with Crippen molar-refractivity contribution < 1.29 is 14.6 Å². The molecular weight excluding hydrogens is 330 g/mol. The van der Waals surface area contributed by atoms with Crippen molar-refractivity contribution in [2.24, 2.45) is 5.92 Å². The molecule has 1 fully saturated rings. The lowest BCUT2D eigenvalue weighted by Gasteiger charge is -2.18. The Morgan fingerprint density at radius 2 is 1.77 bits per heavy atom. The van der Waals surface area contributed by atoms with Crippen molar-refractivity contribution in [3.05, 3.63) is 53.8 Å². The van der Waals surface area contributed by atoms with E-state index in [1.165, 1.54) is 12.0 Å². The summed E-state index contributed by atoms with van der Waals surface area (Å²) in [4.78, 5) is 11.2. The Kier molecular flexibility index (Phi) is 6.41. The molecule has 3 rings (SSSR count). The summed E-state index contributed by atoms with van der Waals surface area (Å²) in [7, 11) is 0. The summed E-state index contributed by atoms with van der Waals surface area (Å²) in [6.45, 7) is 0. The molecule has 6 nitrogen and oxygen atoms in total. The normalized spacial score (nSPS) is 29.6. The Bertz CT molecular complexity index is 730. The van der Waals surface area contributed by atoms with E-state index in [0.29, 0.717) is 5.92 Å². The van der Waals surface area contributed by atoms with Crippen molar-refractivity contribution in [2.75, 3.05) is 0 Å². The molecule has 2 aliphatic carbocycles. The van der Waals surface area contributed by atoms with Crippen LogP contribution in [0.2, 0.25) is 0 Å². The van der Waals surface area contributed by atoms with Crippen molar-refractivity contribution in [1.29, 1.82) is 0 Å². The number of carboxylic acids is 1. The fourth-order valence-corrected chi connectivity index (χ4v) is 3.55. The first-order valence-electron chi connectivity index (χ1n) is 9.26. The van der Waals surface area contributed by atoms with Gasteiger partial charge >= 0.3 is 5.97 Å². The summed E-state index contributed by atoms with van der Waals surface area (Å²) in [5.74, 6) is -0.443. The monoisotopic (exact) mass is 355 g/mol. The van der Waals surface area contributed by atoms with Gasteiger partial charge in [0.2, 0.25) is 5.69 Å². The third-order valence-corrected chi connectivity index (χ3v) is 4.91. The van der Waals surface area contributed by atoms with Crippen LogP contribution in [0.15, 0.2) is 48.1 Å². The Morgan fingerprint density at radius 3 is 2.65 bits per heavy atom. The molecule has 1 saturated carbocycles. The van der Waals surface area contributed by atoms with Crippen molar-refractivity contribution in [1.82, 2.24) is 15.4 Å². The van der Waals surface area contributed by atoms with Crippen molar-refractivity contribution >= 4 is 5.97 Å². The Morgan fingerprint density at radius 1 is 1.04 bits per heavy atom. The zero-order chi connectivity index (χ0) is 18.2. The first-order valence-corrected chi connectivity index (χ1v) is 9.26. The van der Waals surface area contributed by atoms with Gasteiger partial charge in [0.25, 0.3) is 5.88 Å². The number of allylic oxidation sites excluding steroid dienone is 8. The lowest BCUT2D eigenvalue weighted by molar-refractivity contribution is 0.0680. The summed E-state index contributed by atoms with van der Waals surface area (Å²) < 4.78 is 5.86.